The summed E-state index contributed by atoms with van der Waals surface area (Å²) in [6, 6.07) is 13.5. The second kappa shape index (κ2) is 11.4. The summed E-state index contributed by atoms with van der Waals surface area (Å²) in [4.78, 5) is 51.3. The molecule has 2 aliphatic heterocycles. The first kappa shape index (κ1) is 29.9. The zero-order chi connectivity index (χ0) is 31.9. The van der Waals surface area contributed by atoms with Gasteiger partial charge >= 0.3 is 0 Å². The minimum Gasteiger partial charge on any atom is -0.361 e. The van der Waals surface area contributed by atoms with Crippen molar-refractivity contribution < 1.29 is 19.1 Å². The molecule has 1 saturated heterocycles. The Morgan fingerprint density at radius 2 is 1.73 bits per heavy atom. The fourth-order valence-electron chi connectivity index (χ4n) is 5.69. The van der Waals surface area contributed by atoms with Crippen LogP contribution < -0.4 is 4.90 Å². The fourth-order valence-corrected chi connectivity index (χ4v) is 6.45. The van der Waals surface area contributed by atoms with Crippen LogP contribution >= 0.6 is 0 Å². The smallest absolute Gasteiger partial charge is 0.267 e. The number of carbonyl (C=O) groups excluding carboxylic acids is 3. The van der Waals surface area contributed by atoms with Gasteiger partial charge in [0.05, 0.1) is 40.9 Å². The van der Waals surface area contributed by atoms with Crippen LogP contribution in [0.4, 0.5) is 5.82 Å². The first-order chi connectivity index (χ1) is 21.6. The lowest BCUT2D eigenvalue weighted by molar-refractivity contribution is -0.141. The molecule has 0 spiro atoms. The number of imide groups is 1. The topological polar surface area (TPSA) is 163 Å². The third-order valence-corrected chi connectivity index (χ3v) is 9.89. The van der Waals surface area contributed by atoms with E-state index < -0.39 is 25.4 Å². The highest BCUT2D eigenvalue weighted by Gasteiger charge is 2.49. The summed E-state index contributed by atoms with van der Waals surface area (Å²) in [5.41, 5.74) is 1.06. The number of anilines is 1. The SMILES string of the molecule is C[Si](C)(C)CCOCn1ccc2c(-c3cn(C4(CC#N)CN(C(=O)CC#N)C4)nc3N3C(=O)c4ccccc4C3=O)ncnc21. The number of amides is 3. The van der Waals surface area contributed by atoms with E-state index >= 15 is 0 Å². The number of benzene rings is 1. The summed E-state index contributed by atoms with van der Waals surface area (Å²) in [6.45, 7) is 8.10. The highest BCUT2D eigenvalue weighted by molar-refractivity contribution is 6.76. The molecule has 0 bridgehead atoms. The standard InChI is InChI=1S/C31H31N9O4Si/c1-45(2,3)15-14-44-20-37-13-9-23-26(34-19-35-27(23)37)24-16-39(31(10-12-33)17-38(18-31)25(41)8-11-32)36-28(24)40-29(42)21-6-4-5-7-22(21)30(40)43/h4-7,9,13,16,19H,8,10,14-15,17-18,20H2,1-3H3. The Bertz CT molecular complexity index is 1890. The van der Waals surface area contributed by atoms with E-state index in [0.717, 1.165) is 10.9 Å². The number of nitrogens with zero attached hydrogens (tertiary/aromatic N) is 9. The van der Waals surface area contributed by atoms with Crippen molar-refractivity contribution in [3.8, 4) is 23.4 Å². The monoisotopic (exact) mass is 621 g/mol. The van der Waals surface area contributed by atoms with E-state index in [1.807, 2.05) is 22.9 Å². The maximum absolute atomic E-state index is 13.6. The molecule has 13 nitrogen and oxygen atoms in total. The molecule has 1 aromatic carbocycles. The van der Waals surface area contributed by atoms with Gasteiger partial charge in [-0.25, -0.2) is 14.9 Å². The van der Waals surface area contributed by atoms with Crippen LogP contribution in [0.3, 0.4) is 0 Å². The van der Waals surface area contributed by atoms with E-state index in [1.165, 1.54) is 11.2 Å². The van der Waals surface area contributed by atoms with Gasteiger partial charge in [0.15, 0.2) is 5.82 Å². The van der Waals surface area contributed by atoms with Gasteiger partial charge < -0.3 is 14.2 Å². The molecule has 228 valence electrons. The van der Waals surface area contributed by atoms with Gasteiger partial charge in [0.25, 0.3) is 11.8 Å². The Hall–Kier alpha value is -5.18. The van der Waals surface area contributed by atoms with Crippen LogP contribution in [0.2, 0.25) is 25.7 Å². The lowest BCUT2D eigenvalue weighted by Gasteiger charge is -2.48. The van der Waals surface area contributed by atoms with Crippen molar-refractivity contribution in [3.05, 3.63) is 60.2 Å². The average molecular weight is 622 g/mol. The number of fused-ring (bicyclic) bond motifs is 2. The van der Waals surface area contributed by atoms with Crippen molar-refractivity contribution in [1.29, 1.82) is 10.5 Å². The molecule has 0 radical (unpaired) electrons. The fraction of sp³-hybridized carbons (Fsp3) is 0.355. The van der Waals surface area contributed by atoms with Gasteiger partial charge in [-0.3, -0.25) is 19.1 Å². The highest BCUT2D eigenvalue weighted by Crippen LogP contribution is 2.41. The normalized spacial score (nSPS) is 15.6. The third kappa shape index (κ3) is 5.28. The lowest BCUT2D eigenvalue weighted by Crippen LogP contribution is -2.64. The Labute approximate surface area is 260 Å². The molecule has 2 aliphatic rings. The van der Waals surface area contributed by atoms with Crippen molar-refractivity contribution >= 4 is 42.6 Å². The molecule has 1 fully saturated rings. The zero-order valence-electron chi connectivity index (χ0n) is 25.2. The molecule has 0 aliphatic carbocycles. The van der Waals surface area contributed by atoms with Crippen molar-refractivity contribution in [2.75, 3.05) is 24.6 Å². The molecule has 14 heteroatoms. The number of aromatic nitrogens is 5. The van der Waals surface area contributed by atoms with Gasteiger partial charge in [-0.1, -0.05) is 31.8 Å². The molecule has 3 amide bonds. The summed E-state index contributed by atoms with van der Waals surface area (Å²) in [5, 5.41) is 24.2. The average Bonchev–Trinajstić information content (AvgIpc) is 3.67. The highest BCUT2D eigenvalue weighted by atomic mass is 28.3. The van der Waals surface area contributed by atoms with Gasteiger partial charge in [0, 0.05) is 45.6 Å². The Kier molecular flexibility index (Phi) is 7.56. The number of rotatable bonds is 10. The van der Waals surface area contributed by atoms with Crippen LogP contribution in [0.5, 0.6) is 0 Å². The molecule has 0 N–H and O–H groups in total. The van der Waals surface area contributed by atoms with E-state index in [1.54, 1.807) is 35.1 Å². The molecule has 0 unspecified atom stereocenters. The lowest BCUT2D eigenvalue weighted by atomic mass is 9.86. The summed E-state index contributed by atoms with van der Waals surface area (Å²) >= 11 is 0. The van der Waals surface area contributed by atoms with E-state index in [4.69, 9.17) is 15.1 Å². The summed E-state index contributed by atoms with van der Waals surface area (Å²) < 4.78 is 9.40. The van der Waals surface area contributed by atoms with E-state index in [-0.39, 0.29) is 48.8 Å². The van der Waals surface area contributed by atoms with Crippen molar-refractivity contribution in [2.45, 2.75) is 50.8 Å². The number of nitriles is 2. The van der Waals surface area contributed by atoms with Crippen LogP contribution in [-0.4, -0.2) is 74.7 Å². The number of hydrogen-bond donors (Lipinski definition) is 0. The van der Waals surface area contributed by atoms with Crippen LogP contribution in [0.1, 0.15) is 33.6 Å². The molecule has 6 rings (SSSR count). The van der Waals surface area contributed by atoms with Gasteiger partial charge in [0.2, 0.25) is 5.91 Å². The van der Waals surface area contributed by atoms with E-state index in [2.05, 4.69) is 35.7 Å². The van der Waals surface area contributed by atoms with Gasteiger partial charge in [0.1, 0.15) is 30.7 Å². The summed E-state index contributed by atoms with van der Waals surface area (Å²) in [7, 11) is -1.26. The number of carbonyl (C=O) groups is 3. The predicted octanol–water partition coefficient (Wildman–Crippen LogP) is 3.77. The molecule has 4 aromatic rings. The van der Waals surface area contributed by atoms with Gasteiger partial charge in [-0.15, -0.1) is 0 Å². The Morgan fingerprint density at radius 3 is 2.38 bits per heavy atom. The molecule has 0 saturated carbocycles. The minimum atomic E-state index is -1.26. The van der Waals surface area contributed by atoms with Crippen LogP contribution in [0.25, 0.3) is 22.3 Å². The molecule has 3 aromatic heterocycles. The number of likely N-dealkylation sites (tertiary alicyclic amines) is 1. The number of hydrogen-bond acceptors (Lipinski definition) is 9. The largest absolute Gasteiger partial charge is 0.361 e. The van der Waals surface area contributed by atoms with E-state index in [9.17, 15) is 19.6 Å². The predicted molar refractivity (Wildman–Crippen MR) is 165 cm³/mol. The molecule has 5 heterocycles. The Balaban J connectivity index is 1.43. The van der Waals surface area contributed by atoms with Crippen molar-refractivity contribution in [3.63, 3.8) is 0 Å². The van der Waals surface area contributed by atoms with Crippen LogP contribution in [-0.2, 0) is 21.8 Å². The molecular formula is C31H31N9O4Si. The number of ether oxygens (including phenoxy) is 1. The first-order valence-electron chi connectivity index (χ1n) is 14.5. The van der Waals surface area contributed by atoms with E-state index in [0.29, 0.717) is 35.6 Å². The van der Waals surface area contributed by atoms with Crippen molar-refractivity contribution in [2.24, 2.45) is 0 Å². The molecule has 0 atom stereocenters. The van der Waals surface area contributed by atoms with Gasteiger partial charge in [-0.05, 0) is 24.2 Å². The zero-order valence-corrected chi connectivity index (χ0v) is 26.2. The molecular weight excluding hydrogens is 590 g/mol. The van der Waals surface area contributed by atoms with Crippen LogP contribution in [0, 0.1) is 22.7 Å². The summed E-state index contributed by atoms with van der Waals surface area (Å²) in [6.07, 6.45) is 4.68. The summed E-state index contributed by atoms with van der Waals surface area (Å²) in [5.74, 6) is -1.31. The first-order valence-corrected chi connectivity index (χ1v) is 18.3. The maximum Gasteiger partial charge on any atom is 0.267 e. The quantitative estimate of drug-likeness (QED) is 0.146. The third-order valence-electron chi connectivity index (χ3n) is 8.19. The Morgan fingerprint density at radius 1 is 1.02 bits per heavy atom. The van der Waals surface area contributed by atoms with Crippen LogP contribution in [0.15, 0.2) is 49.1 Å². The maximum atomic E-state index is 13.6. The molecule has 45 heavy (non-hydrogen) atoms. The van der Waals surface area contributed by atoms with Gasteiger partial charge in [-0.2, -0.15) is 15.6 Å². The minimum absolute atomic E-state index is 0.0103. The second-order valence-corrected chi connectivity index (χ2v) is 18.2. The second-order valence-electron chi connectivity index (χ2n) is 12.5. The van der Waals surface area contributed by atoms with Crippen molar-refractivity contribution in [1.82, 2.24) is 29.2 Å².